The van der Waals surface area contributed by atoms with Gasteiger partial charge in [-0.2, -0.15) is 0 Å². The standard InChI is InChI=1S/C16H25NO2S/c1-13-4-3-5-15(10-13)7-6-14(2)17-11-16-8-9-20(18,19)12-16/h3-5,10,14,16-17H,6-9,11-12H2,1-2H3. The lowest BCUT2D eigenvalue weighted by Crippen LogP contribution is -2.32. The molecule has 1 heterocycles. The van der Waals surface area contributed by atoms with E-state index in [9.17, 15) is 8.42 Å². The van der Waals surface area contributed by atoms with Crippen molar-refractivity contribution >= 4 is 9.84 Å². The molecule has 1 aliphatic rings. The quantitative estimate of drug-likeness (QED) is 0.876. The van der Waals surface area contributed by atoms with Crippen LogP contribution in [0.15, 0.2) is 24.3 Å². The molecule has 0 aliphatic carbocycles. The topological polar surface area (TPSA) is 46.2 Å². The second-order valence-corrected chi connectivity index (χ2v) is 8.33. The molecular weight excluding hydrogens is 270 g/mol. The Hall–Kier alpha value is -0.870. The van der Waals surface area contributed by atoms with E-state index < -0.39 is 9.84 Å². The van der Waals surface area contributed by atoms with Gasteiger partial charge in [-0.25, -0.2) is 8.42 Å². The first kappa shape index (κ1) is 15.5. The van der Waals surface area contributed by atoms with Gasteiger partial charge in [-0.3, -0.25) is 0 Å². The zero-order valence-corrected chi connectivity index (χ0v) is 13.2. The second-order valence-electron chi connectivity index (χ2n) is 6.11. The molecule has 1 N–H and O–H groups in total. The number of hydrogen-bond acceptors (Lipinski definition) is 3. The maximum Gasteiger partial charge on any atom is 0.150 e. The van der Waals surface area contributed by atoms with Crippen molar-refractivity contribution in [1.29, 1.82) is 0 Å². The molecule has 0 spiro atoms. The molecule has 20 heavy (non-hydrogen) atoms. The van der Waals surface area contributed by atoms with Crippen LogP contribution >= 0.6 is 0 Å². The lowest BCUT2D eigenvalue weighted by atomic mass is 10.0. The van der Waals surface area contributed by atoms with E-state index in [0.29, 0.717) is 23.5 Å². The Balaban J connectivity index is 1.69. The minimum Gasteiger partial charge on any atom is -0.314 e. The van der Waals surface area contributed by atoms with E-state index in [0.717, 1.165) is 25.8 Å². The number of rotatable bonds is 6. The highest BCUT2D eigenvalue weighted by molar-refractivity contribution is 7.91. The molecule has 0 saturated carbocycles. The Labute approximate surface area is 122 Å². The van der Waals surface area contributed by atoms with E-state index in [2.05, 4.69) is 43.4 Å². The highest BCUT2D eigenvalue weighted by Gasteiger charge is 2.27. The van der Waals surface area contributed by atoms with E-state index in [-0.39, 0.29) is 0 Å². The monoisotopic (exact) mass is 295 g/mol. The molecule has 2 rings (SSSR count). The molecule has 3 nitrogen and oxygen atoms in total. The van der Waals surface area contributed by atoms with Crippen molar-refractivity contribution in [3.8, 4) is 0 Å². The average molecular weight is 295 g/mol. The summed E-state index contributed by atoms with van der Waals surface area (Å²) in [5, 5.41) is 3.48. The van der Waals surface area contributed by atoms with E-state index >= 15 is 0 Å². The van der Waals surface area contributed by atoms with Gasteiger partial charge in [-0.15, -0.1) is 0 Å². The van der Waals surface area contributed by atoms with E-state index in [1.54, 1.807) is 0 Å². The van der Waals surface area contributed by atoms with E-state index in [4.69, 9.17) is 0 Å². The Morgan fingerprint density at radius 3 is 2.85 bits per heavy atom. The highest BCUT2D eigenvalue weighted by Crippen LogP contribution is 2.17. The van der Waals surface area contributed by atoms with Gasteiger partial charge in [0.15, 0.2) is 9.84 Å². The maximum absolute atomic E-state index is 11.4. The summed E-state index contributed by atoms with van der Waals surface area (Å²) in [4.78, 5) is 0. The van der Waals surface area contributed by atoms with Crippen LogP contribution in [0.5, 0.6) is 0 Å². The molecule has 112 valence electrons. The molecule has 1 aromatic carbocycles. The van der Waals surface area contributed by atoms with E-state index in [1.165, 1.54) is 11.1 Å². The van der Waals surface area contributed by atoms with Crippen molar-refractivity contribution in [2.75, 3.05) is 18.1 Å². The SMILES string of the molecule is Cc1cccc(CCC(C)NCC2CCS(=O)(=O)C2)c1. The Bertz CT molecular complexity index is 539. The van der Waals surface area contributed by atoms with Gasteiger partial charge >= 0.3 is 0 Å². The first-order valence-corrected chi connectivity index (χ1v) is 9.26. The second kappa shape index (κ2) is 6.72. The predicted molar refractivity (Wildman–Crippen MR) is 83.7 cm³/mol. The number of benzene rings is 1. The van der Waals surface area contributed by atoms with Crippen LogP contribution in [0.2, 0.25) is 0 Å². The summed E-state index contributed by atoms with van der Waals surface area (Å²) in [7, 11) is -2.74. The third-order valence-corrected chi connectivity index (χ3v) is 5.87. The summed E-state index contributed by atoms with van der Waals surface area (Å²) >= 11 is 0. The fourth-order valence-corrected chi connectivity index (χ4v) is 4.62. The molecule has 1 fully saturated rings. The van der Waals surface area contributed by atoms with Gasteiger partial charge in [-0.1, -0.05) is 29.8 Å². The van der Waals surface area contributed by atoms with Crippen molar-refractivity contribution in [1.82, 2.24) is 5.32 Å². The molecule has 1 aliphatic heterocycles. The van der Waals surface area contributed by atoms with Crippen LogP contribution in [-0.2, 0) is 16.3 Å². The van der Waals surface area contributed by atoms with Crippen LogP contribution in [0.4, 0.5) is 0 Å². The van der Waals surface area contributed by atoms with Gasteiger partial charge < -0.3 is 5.32 Å². The largest absolute Gasteiger partial charge is 0.314 e. The van der Waals surface area contributed by atoms with Gasteiger partial charge in [-0.05, 0) is 51.1 Å². The highest BCUT2D eigenvalue weighted by atomic mass is 32.2. The third-order valence-electron chi connectivity index (χ3n) is 4.03. The minimum absolute atomic E-state index is 0.307. The van der Waals surface area contributed by atoms with Crippen molar-refractivity contribution in [3.63, 3.8) is 0 Å². The van der Waals surface area contributed by atoms with Gasteiger partial charge in [0, 0.05) is 6.04 Å². The molecule has 0 bridgehead atoms. The van der Waals surface area contributed by atoms with Crippen LogP contribution in [0.1, 0.15) is 30.9 Å². The van der Waals surface area contributed by atoms with Crippen molar-refractivity contribution < 1.29 is 8.42 Å². The predicted octanol–water partition coefficient (Wildman–Crippen LogP) is 2.34. The van der Waals surface area contributed by atoms with Gasteiger partial charge in [0.25, 0.3) is 0 Å². The summed E-state index contributed by atoms with van der Waals surface area (Å²) in [5.41, 5.74) is 2.68. The van der Waals surface area contributed by atoms with Crippen LogP contribution in [-0.4, -0.2) is 32.5 Å². The molecule has 0 radical (unpaired) electrons. The first-order chi connectivity index (χ1) is 9.44. The molecule has 2 atom stereocenters. The summed E-state index contributed by atoms with van der Waals surface area (Å²) in [6.45, 7) is 5.12. The summed E-state index contributed by atoms with van der Waals surface area (Å²) in [6.07, 6.45) is 2.97. The summed E-state index contributed by atoms with van der Waals surface area (Å²) in [6, 6.07) is 9.05. The Morgan fingerprint density at radius 1 is 1.40 bits per heavy atom. The lowest BCUT2D eigenvalue weighted by molar-refractivity contribution is 0.450. The smallest absolute Gasteiger partial charge is 0.150 e. The van der Waals surface area contributed by atoms with Crippen LogP contribution in [0.25, 0.3) is 0 Å². The minimum atomic E-state index is -2.74. The molecule has 4 heteroatoms. The zero-order chi connectivity index (χ0) is 14.6. The summed E-state index contributed by atoms with van der Waals surface area (Å²) in [5.74, 6) is 1.04. The fraction of sp³-hybridized carbons (Fsp3) is 0.625. The molecule has 1 aromatic rings. The lowest BCUT2D eigenvalue weighted by Gasteiger charge is -2.16. The fourth-order valence-electron chi connectivity index (χ4n) is 2.75. The van der Waals surface area contributed by atoms with Crippen LogP contribution in [0, 0.1) is 12.8 Å². The van der Waals surface area contributed by atoms with Crippen molar-refractivity contribution in [2.45, 2.75) is 39.2 Å². The van der Waals surface area contributed by atoms with Gasteiger partial charge in [0.2, 0.25) is 0 Å². The normalized spacial score (nSPS) is 22.8. The Morgan fingerprint density at radius 2 is 2.20 bits per heavy atom. The molecule has 0 aromatic heterocycles. The third kappa shape index (κ3) is 4.91. The number of hydrogen-bond donors (Lipinski definition) is 1. The molecule has 0 amide bonds. The molecule has 2 unspecified atom stereocenters. The van der Waals surface area contributed by atoms with Crippen molar-refractivity contribution in [2.24, 2.45) is 5.92 Å². The van der Waals surface area contributed by atoms with Crippen LogP contribution in [0.3, 0.4) is 0 Å². The number of nitrogens with one attached hydrogen (secondary N) is 1. The first-order valence-electron chi connectivity index (χ1n) is 7.44. The summed E-state index contributed by atoms with van der Waals surface area (Å²) < 4.78 is 22.8. The number of sulfone groups is 1. The Kier molecular flexibility index (Phi) is 5.22. The zero-order valence-electron chi connectivity index (χ0n) is 12.4. The van der Waals surface area contributed by atoms with Gasteiger partial charge in [0.05, 0.1) is 11.5 Å². The average Bonchev–Trinajstić information content (AvgIpc) is 2.74. The maximum atomic E-state index is 11.4. The van der Waals surface area contributed by atoms with E-state index in [1.807, 2.05) is 0 Å². The van der Waals surface area contributed by atoms with Gasteiger partial charge in [0.1, 0.15) is 0 Å². The van der Waals surface area contributed by atoms with Crippen LogP contribution < -0.4 is 5.32 Å². The van der Waals surface area contributed by atoms with Crippen molar-refractivity contribution in [3.05, 3.63) is 35.4 Å². The number of aryl methyl sites for hydroxylation is 2. The molecular formula is C16H25NO2S. The molecule has 1 saturated heterocycles.